The summed E-state index contributed by atoms with van der Waals surface area (Å²) in [6.07, 6.45) is -0.647. The van der Waals surface area contributed by atoms with E-state index in [1.54, 1.807) is 26.0 Å². The Labute approximate surface area is 88.2 Å². The largest absolute Gasteiger partial charge is 0.447 e. The van der Waals surface area contributed by atoms with Crippen LogP contribution >= 0.6 is 0 Å². The first-order valence-corrected chi connectivity index (χ1v) is 4.77. The summed E-state index contributed by atoms with van der Waals surface area (Å²) in [4.78, 5) is 11.1. The molecule has 0 saturated carbocycles. The predicted molar refractivity (Wildman–Crippen MR) is 54.9 cm³/mol. The minimum absolute atomic E-state index is 0.155. The maximum Gasteiger partial charge on any atom is 0.407 e. The van der Waals surface area contributed by atoms with E-state index in [0.29, 0.717) is 5.56 Å². The number of alkyl carbamates (subject to hydrolysis) is 1. The van der Waals surface area contributed by atoms with E-state index < -0.39 is 6.09 Å². The first-order valence-electron chi connectivity index (χ1n) is 4.77. The number of carbonyl (C=O) groups is 1. The van der Waals surface area contributed by atoms with Crippen molar-refractivity contribution in [2.45, 2.75) is 26.5 Å². The molecule has 82 valence electrons. The molecule has 15 heavy (non-hydrogen) atoms. The molecular weight excluding hydrogens is 197 g/mol. The van der Waals surface area contributed by atoms with Crippen LogP contribution in [0.5, 0.6) is 0 Å². The molecule has 0 aromatic heterocycles. The van der Waals surface area contributed by atoms with E-state index in [4.69, 9.17) is 4.74 Å². The Morgan fingerprint density at radius 1 is 1.53 bits per heavy atom. The normalized spacial score (nSPS) is 10.1. The summed E-state index contributed by atoms with van der Waals surface area (Å²) in [7, 11) is 0. The molecule has 0 aliphatic heterocycles. The first kappa shape index (κ1) is 11.5. The maximum absolute atomic E-state index is 12.8. The average Bonchev–Trinajstić information content (AvgIpc) is 2.14. The van der Waals surface area contributed by atoms with Crippen LogP contribution in [0.3, 0.4) is 0 Å². The summed E-state index contributed by atoms with van der Waals surface area (Å²) < 4.78 is 17.6. The van der Waals surface area contributed by atoms with Gasteiger partial charge in [-0.2, -0.15) is 0 Å². The molecule has 4 heteroatoms. The molecule has 3 nitrogen and oxygen atoms in total. The fourth-order valence-electron chi connectivity index (χ4n) is 1.08. The number of ether oxygens (including phenoxy) is 1. The number of hydrogen-bond donors (Lipinski definition) is 1. The van der Waals surface area contributed by atoms with Gasteiger partial charge in [0.1, 0.15) is 5.82 Å². The van der Waals surface area contributed by atoms with E-state index in [9.17, 15) is 9.18 Å². The second-order valence-electron chi connectivity index (χ2n) is 3.44. The Kier molecular flexibility index (Phi) is 4.09. The zero-order chi connectivity index (χ0) is 11.3. The number of amides is 1. The van der Waals surface area contributed by atoms with Crippen molar-refractivity contribution in [3.8, 4) is 0 Å². The molecule has 0 heterocycles. The molecule has 1 N–H and O–H groups in total. The van der Waals surface area contributed by atoms with Gasteiger partial charge in [0.25, 0.3) is 0 Å². The van der Waals surface area contributed by atoms with E-state index in [2.05, 4.69) is 5.32 Å². The van der Waals surface area contributed by atoms with Crippen molar-refractivity contribution in [2.24, 2.45) is 0 Å². The molecule has 0 fully saturated rings. The summed E-state index contributed by atoms with van der Waals surface area (Å²) in [6.45, 7) is 3.80. The van der Waals surface area contributed by atoms with Crippen molar-refractivity contribution in [1.29, 1.82) is 0 Å². The van der Waals surface area contributed by atoms with Gasteiger partial charge < -0.3 is 10.1 Å². The van der Waals surface area contributed by atoms with Crippen LogP contribution in [0.1, 0.15) is 19.4 Å². The van der Waals surface area contributed by atoms with Crippen LogP contribution in [0, 0.1) is 5.82 Å². The molecule has 0 atom stereocenters. The maximum atomic E-state index is 12.8. The predicted octanol–water partition coefficient (Wildman–Crippen LogP) is 2.46. The number of hydrogen-bond acceptors (Lipinski definition) is 2. The zero-order valence-electron chi connectivity index (χ0n) is 8.79. The van der Waals surface area contributed by atoms with Gasteiger partial charge in [0.2, 0.25) is 0 Å². The number of rotatable bonds is 3. The van der Waals surface area contributed by atoms with Gasteiger partial charge in [0.15, 0.2) is 0 Å². The number of benzene rings is 1. The van der Waals surface area contributed by atoms with Crippen molar-refractivity contribution in [3.63, 3.8) is 0 Å². The summed E-state index contributed by atoms with van der Waals surface area (Å²) in [5.74, 6) is -0.313. The standard InChI is InChI=1S/C11H14FNO2/c1-8(2)15-11(14)13-7-9-4-3-5-10(12)6-9/h3-6,8H,7H2,1-2H3,(H,13,14). The topological polar surface area (TPSA) is 38.3 Å². The smallest absolute Gasteiger partial charge is 0.407 e. The van der Waals surface area contributed by atoms with Gasteiger partial charge in [-0.3, -0.25) is 0 Å². The molecule has 0 spiro atoms. The lowest BCUT2D eigenvalue weighted by Crippen LogP contribution is -2.26. The van der Waals surface area contributed by atoms with Crippen LogP contribution < -0.4 is 5.32 Å². The summed E-state index contributed by atoms with van der Waals surface area (Å²) in [6, 6.07) is 6.06. The van der Waals surface area contributed by atoms with Gasteiger partial charge in [-0.05, 0) is 31.5 Å². The van der Waals surface area contributed by atoms with Crippen LogP contribution in [0.4, 0.5) is 9.18 Å². The Morgan fingerprint density at radius 2 is 2.27 bits per heavy atom. The van der Waals surface area contributed by atoms with Gasteiger partial charge in [-0.15, -0.1) is 0 Å². The minimum Gasteiger partial charge on any atom is -0.447 e. The van der Waals surface area contributed by atoms with Crippen molar-refractivity contribution in [3.05, 3.63) is 35.6 Å². The van der Waals surface area contributed by atoms with Gasteiger partial charge in [-0.25, -0.2) is 9.18 Å². The number of carbonyl (C=O) groups excluding carboxylic acids is 1. The molecule has 0 radical (unpaired) electrons. The highest BCUT2D eigenvalue weighted by Gasteiger charge is 2.04. The Balaban J connectivity index is 2.40. The Morgan fingerprint density at radius 3 is 2.87 bits per heavy atom. The van der Waals surface area contributed by atoms with Crippen LogP contribution in [-0.4, -0.2) is 12.2 Å². The lowest BCUT2D eigenvalue weighted by molar-refractivity contribution is 0.115. The van der Waals surface area contributed by atoms with E-state index in [0.717, 1.165) is 0 Å². The van der Waals surface area contributed by atoms with Gasteiger partial charge >= 0.3 is 6.09 Å². The van der Waals surface area contributed by atoms with Crippen molar-refractivity contribution < 1.29 is 13.9 Å². The molecule has 1 aromatic rings. The number of halogens is 1. The second kappa shape index (κ2) is 5.34. The van der Waals surface area contributed by atoms with Crippen LogP contribution in [0.15, 0.2) is 24.3 Å². The van der Waals surface area contributed by atoms with E-state index in [-0.39, 0.29) is 18.5 Å². The molecule has 1 amide bonds. The van der Waals surface area contributed by atoms with Gasteiger partial charge in [0.05, 0.1) is 6.10 Å². The van der Waals surface area contributed by atoms with E-state index in [1.165, 1.54) is 12.1 Å². The Bertz CT molecular complexity index is 339. The van der Waals surface area contributed by atoms with Crippen molar-refractivity contribution in [2.75, 3.05) is 0 Å². The third-order valence-corrected chi connectivity index (χ3v) is 1.67. The Hall–Kier alpha value is -1.58. The van der Waals surface area contributed by atoms with Crippen LogP contribution in [0.25, 0.3) is 0 Å². The molecule has 0 aliphatic carbocycles. The summed E-state index contributed by atoms with van der Waals surface area (Å²) in [5, 5.41) is 2.53. The first-order chi connectivity index (χ1) is 7.08. The lowest BCUT2D eigenvalue weighted by Gasteiger charge is -2.09. The van der Waals surface area contributed by atoms with Crippen molar-refractivity contribution in [1.82, 2.24) is 5.32 Å². The quantitative estimate of drug-likeness (QED) is 0.834. The van der Waals surface area contributed by atoms with Crippen LogP contribution in [0.2, 0.25) is 0 Å². The van der Waals surface area contributed by atoms with Gasteiger partial charge in [-0.1, -0.05) is 12.1 Å². The molecular formula is C11H14FNO2. The van der Waals surface area contributed by atoms with Crippen LogP contribution in [-0.2, 0) is 11.3 Å². The summed E-state index contributed by atoms with van der Waals surface area (Å²) in [5.41, 5.74) is 0.704. The highest BCUT2D eigenvalue weighted by atomic mass is 19.1. The number of nitrogens with one attached hydrogen (secondary N) is 1. The average molecular weight is 211 g/mol. The third-order valence-electron chi connectivity index (χ3n) is 1.67. The molecule has 0 unspecified atom stereocenters. The fraction of sp³-hybridized carbons (Fsp3) is 0.364. The molecule has 0 bridgehead atoms. The molecule has 1 aromatic carbocycles. The molecule has 0 aliphatic rings. The third kappa shape index (κ3) is 4.44. The van der Waals surface area contributed by atoms with E-state index >= 15 is 0 Å². The van der Waals surface area contributed by atoms with Gasteiger partial charge in [0, 0.05) is 6.54 Å². The van der Waals surface area contributed by atoms with E-state index in [1.807, 2.05) is 0 Å². The van der Waals surface area contributed by atoms with Crippen molar-refractivity contribution >= 4 is 6.09 Å². The lowest BCUT2D eigenvalue weighted by atomic mass is 10.2. The highest BCUT2D eigenvalue weighted by molar-refractivity contribution is 5.67. The SMILES string of the molecule is CC(C)OC(=O)NCc1cccc(F)c1. The highest BCUT2D eigenvalue weighted by Crippen LogP contribution is 2.02. The summed E-state index contributed by atoms with van der Waals surface area (Å²) >= 11 is 0. The minimum atomic E-state index is -0.491. The monoisotopic (exact) mass is 211 g/mol. The molecule has 0 saturated heterocycles. The zero-order valence-corrected chi connectivity index (χ0v) is 8.79. The fourth-order valence-corrected chi connectivity index (χ4v) is 1.08. The molecule has 1 rings (SSSR count). The second-order valence-corrected chi connectivity index (χ2v) is 3.44.